The lowest BCUT2D eigenvalue weighted by Crippen LogP contribution is -2.57. The van der Waals surface area contributed by atoms with E-state index in [1.165, 1.54) is 0 Å². The summed E-state index contributed by atoms with van der Waals surface area (Å²) in [7, 11) is -6.33. The molecular weight excluding hydrogens is 400 g/mol. The zero-order valence-corrected chi connectivity index (χ0v) is 20.7. The lowest BCUT2D eigenvalue weighted by Gasteiger charge is -2.54. The van der Waals surface area contributed by atoms with E-state index in [1.54, 1.807) is 11.8 Å². The Morgan fingerprint density at radius 1 is 0.741 bits per heavy atom. The van der Waals surface area contributed by atoms with Gasteiger partial charge in [-0.3, -0.25) is 0 Å². The molecule has 2 heterocycles. The van der Waals surface area contributed by atoms with Crippen LogP contribution in [0.4, 0.5) is 0 Å². The maximum Gasteiger partial charge on any atom is 0.154 e. The molecular formula is C20H38O4S3. The van der Waals surface area contributed by atoms with Gasteiger partial charge in [0.15, 0.2) is 19.7 Å². The van der Waals surface area contributed by atoms with Crippen molar-refractivity contribution in [2.45, 2.75) is 101 Å². The van der Waals surface area contributed by atoms with Crippen molar-refractivity contribution in [3.63, 3.8) is 0 Å². The molecule has 0 amide bonds. The third kappa shape index (κ3) is 3.52. The molecule has 0 aromatic rings. The molecule has 2 aliphatic rings. The van der Waals surface area contributed by atoms with Crippen LogP contribution >= 0.6 is 11.8 Å². The van der Waals surface area contributed by atoms with Gasteiger partial charge < -0.3 is 0 Å². The van der Waals surface area contributed by atoms with Crippen LogP contribution in [0.1, 0.15) is 81.1 Å². The standard InChI is InChI=1S/C20H38O4S3/c1-9-15-19(17(3,4)5,11-13-26(15,21)22)25-20(18(6,7)8)12-14-27(23,24)16(20)10-2/h15-16H,9-14H2,1-8H3. The van der Waals surface area contributed by atoms with E-state index in [9.17, 15) is 16.8 Å². The van der Waals surface area contributed by atoms with Crippen molar-refractivity contribution < 1.29 is 16.8 Å². The van der Waals surface area contributed by atoms with E-state index in [1.807, 2.05) is 13.8 Å². The highest BCUT2D eigenvalue weighted by atomic mass is 32.2. The summed E-state index contributed by atoms with van der Waals surface area (Å²) in [4.78, 5) is 0. The molecule has 2 rings (SSSR count). The highest BCUT2D eigenvalue weighted by molar-refractivity contribution is 8.05. The molecule has 2 saturated heterocycles. The minimum Gasteiger partial charge on any atom is -0.228 e. The van der Waals surface area contributed by atoms with E-state index in [4.69, 9.17) is 0 Å². The Labute approximate surface area is 171 Å². The van der Waals surface area contributed by atoms with E-state index in [0.29, 0.717) is 25.7 Å². The van der Waals surface area contributed by atoms with Crippen LogP contribution in [0.15, 0.2) is 0 Å². The van der Waals surface area contributed by atoms with Crippen LogP contribution in [0.25, 0.3) is 0 Å². The molecule has 2 aliphatic heterocycles. The first kappa shape index (κ1) is 23.5. The molecule has 0 spiro atoms. The van der Waals surface area contributed by atoms with Gasteiger partial charge in [-0.15, -0.1) is 11.8 Å². The van der Waals surface area contributed by atoms with Crippen LogP contribution in [0.3, 0.4) is 0 Å². The van der Waals surface area contributed by atoms with E-state index in [2.05, 4.69) is 41.5 Å². The first-order chi connectivity index (χ1) is 12.0. The number of hydrogen-bond donors (Lipinski definition) is 0. The summed E-state index contributed by atoms with van der Waals surface area (Å²) in [5.74, 6) is 0.416. The van der Waals surface area contributed by atoms with E-state index >= 15 is 0 Å². The monoisotopic (exact) mass is 438 g/mol. The maximum absolute atomic E-state index is 12.9. The van der Waals surface area contributed by atoms with Crippen molar-refractivity contribution in [3.05, 3.63) is 0 Å². The van der Waals surface area contributed by atoms with Gasteiger partial charge >= 0.3 is 0 Å². The predicted octanol–water partition coefficient (Wildman–Crippen LogP) is 4.48. The normalized spacial score (nSPS) is 39.0. The Morgan fingerprint density at radius 3 is 1.26 bits per heavy atom. The number of hydrogen-bond acceptors (Lipinski definition) is 5. The molecule has 4 nitrogen and oxygen atoms in total. The lowest BCUT2D eigenvalue weighted by atomic mass is 9.74. The van der Waals surface area contributed by atoms with Gasteiger partial charge in [-0.05, 0) is 36.5 Å². The van der Waals surface area contributed by atoms with Crippen molar-refractivity contribution in [1.82, 2.24) is 0 Å². The van der Waals surface area contributed by atoms with E-state index < -0.39 is 39.7 Å². The maximum atomic E-state index is 12.9. The average Bonchev–Trinajstić information content (AvgIpc) is 2.89. The summed E-state index contributed by atoms with van der Waals surface area (Å²) in [6, 6.07) is 0. The minimum absolute atomic E-state index is 0.208. The lowest BCUT2D eigenvalue weighted by molar-refractivity contribution is 0.240. The smallest absolute Gasteiger partial charge is 0.154 e. The summed E-state index contributed by atoms with van der Waals surface area (Å²) >= 11 is 1.74. The largest absolute Gasteiger partial charge is 0.228 e. The van der Waals surface area contributed by atoms with Gasteiger partial charge in [-0.2, -0.15) is 0 Å². The fourth-order valence-electron chi connectivity index (χ4n) is 5.52. The molecule has 0 aromatic carbocycles. The van der Waals surface area contributed by atoms with Gasteiger partial charge in [0.1, 0.15) is 0 Å². The van der Waals surface area contributed by atoms with Crippen LogP contribution < -0.4 is 0 Å². The van der Waals surface area contributed by atoms with Gasteiger partial charge in [0, 0.05) is 9.49 Å². The molecule has 2 fully saturated rings. The van der Waals surface area contributed by atoms with Gasteiger partial charge in [-0.25, -0.2) is 16.8 Å². The SMILES string of the molecule is CCC1C(SC2(C(C)(C)C)CCS(=O)(=O)C2CC)(C(C)(C)C)CCS1(=O)=O. The van der Waals surface area contributed by atoms with E-state index in [0.717, 1.165) is 0 Å². The molecule has 0 aliphatic carbocycles. The second-order valence-corrected chi connectivity index (χ2v) is 16.7. The highest BCUT2D eigenvalue weighted by Crippen LogP contribution is 2.65. The summed E-state index contributed by atoms with van der Waals surface area (Å²) in [6.45, 7) is 16.7. The molecule has 0 saturated carbocycles. The fourth-order valence-corrected chi connectivity index (χ4v) is 14.1. The fraction of sp³-hybridized carbons (Fsp3) is 1.00. The van der Waals surface area contributed by atoms with Crippen LogP contribution in [0.2, 0.25) is 0 Å². The number of thioether (sulfide) groups is 1. The first-order valence-electron chi connectivity index (χ1n) is 10.1. The summed E-state index contributed by atoms with van der Waals surface area (Å²) in [5, 5.41) is -0.843. The second kappa shape index (κ2) is 6.90. The molecule has 0 N–H and O–H groups in total. The van der Waals surface area contributed by atoms with Crippen molar-refractivity contribution in [2.75, 3.05) is 11.5 Å². The van der Waals surface area contributed by atoms with Gasteiger partial charge in [0.2, 0.25) is 0 Å². The zero-order valence-electron chi connectivity index (χ0n) is 18.3. The van der Waals surface area contributed by atoms with Crippen molar-refractivity contribution in [3.8, 4) is 0 Å². The molecule has 0 bridgehead atoms. The minimum atomic E-state index is -3.17. The van der Waals surface area contributed by atoms with Crippen LogP contribution in [-0.4, -0.2) is 48.3 Å². The Balaban J connectivity index is 2.72. The van der Waals surface area contributed by atoms with Crippen molar-refractivity contribution in [2.24, 2.45) is 10.8 Å². The Bertz CT molecular complexity index is 705. The summed E-state index contributed by atoms with van der Waals surface area (Å²) in [6.07, 6.45) is 2.37. The molecule has 0 aromatic heterocycles. The summed E-state index contributed by atoms with van der Waals surface area (Å²) in [5.41, 5.74) is -0.490. The molecule has 4 unspecified atom stereocenters. The van der Waals surface area contributed by atoms with Crippen LogP contribution in [0.5, 0.6) is 0 Å². The van der Waals surface area contributed by atoms with Crippen LogP contribution in [-0.2, 0) is 19.7 Å². The van der Waals surface area contributed by atoms with Crippen molar-refractivity contribution >= 4 is 31.4 Å². The van der Waals surface area contributed by atoms with Crippen molar-refractivity contribution in [1.29, 1.82) is 0 Å². The molecule has 0 radical (unpaired) electrons. The van der Waals surface area contributed by atoms with E-state index in [-0.39, 0.29) is 22.3 Å². The zero-order chi connectivity index (χ0) is 21.1. The topological polar surface area (TPSA) is 68.3 Å². The van der Waals surface area contributed by atoms with Gasteiger partial charge in [0.05, 0.1) is 22.0 Å². The number of sulfone groups is 2. The number of rotatable bonds is 4. The Kier molecular flexibility index (Phi) is 6.01. The van der Waals surface area contributed by atoms with Gasteiger partial charge in [0.25, 0.3) is 0 Å². The average molecular weight is 439 g/mol. The Morgan fingerprint density at radius 2 is 1.04 bits per heavy atom. The third-order valence-corrected chi connectivity index (χ3v) is 15.0. The second-order valence-electron chi connectivity index (χ2n) is 10.4. The molecule has 7 heteroatoms. The third-order valence-electron chi connectivity index (χ3n) is 7.07. The Hall–Kier alpha value is 0.250. The molecule has 160 valence electrons. The quantitative estimate of drug-likeness (QED) is 0.647. The predicted molar refractivity (Wildman–Crippen MR) is 117 cm³/mol. The van der Waals surface area contributed by atoms with Crippen LogP contribution in [0, 0.1) is 10.8 Å². The molecule has 27 heavy (non-hydrogen) atoms. The summed E-state index contributed by atoms with van der Waals surface area (Å²) < 4.78 is 50.8. The highest BCUT2D eigenvalue weighted by Gasteiger charge is 2.66. The molecule has 4 atom stereocenters. The van der Waals surface area contributed by atoms with Gasteiger partial charge in [-0.1, -0.05) is 55.4 Å². The first-order valence-corrected chi connectivity index (χ1v) is 14.4.